The molecule has 2 fully saturated rings. The van der Waals surface area contributed by atoms with Gasteiger partial charge < -0.3 is 15.2 Å². The molecule has 2 aliphatic rings. The Balaban J connectivity index is 0.000000408. The molecule has 0 saturated heterocycles. The second-order valence-corrected chi connectivity index (χ2v) is 16.1. The van der Waals surface area contributed by atoms with Gasteiger partial charge in [-0.1, -0.05) is 23.2 Å². The fraction of sp³-hybridized carbons (Fsp3) is 0.500. The number of ether oxygens (including phenoxy) is 2. The average Bonchev–Trinajstić information content (AvgIpc) is 3.04. The molecule has 2 aromatic rings. The van der Waals surface area contributed by atoms with E-state index in [1.807, 2.05) is 0 Å². The first kappa shape index (κ1) is 45.2. The number of halogens is 4. The number of nitro benzene ring substituents is 2. The second-order valence-electron chi connectivity index (χ2n) is 11.0. The molecule has 0 aromatic heterocycles. The van der Waals surface area contributed by atoms with E-state index in [2.05, 4.69) is 14.2 Å². The van der Waals surface area contributed by atoms with E-state index < -0.39 is 40.3 Å². The summed E-state index contributed by atoms with van der Waals surface area (Å²) in [6.07, 6.45) is 5.76. The van der Waals surface area contributed by atoms with Crippen molar-refractivity contribution in [2.75, 3.05) is 14.2 Å². The number of hydrogen-bond donors (Lipinski definition) is 2. The average molecular weight is 827 g/mol. The SMILES string of the molecule is COC(=O)C1CCC(N)CC1.COC(=O)C1CCC(NS(=O)(=O)c2ccc(Cl)c([N+](=O)[O-])c2)CC1.Cl.O=[N+]([O-])c1cc(S(=O)(=O)Cl)ccc1Cl. The largest absolute Gasteiger partial charge is 0.469 e. The standard InChI is InChI=1S/C14H17ClN2O6S.C8H15NO2.C6H3Cl2NO4S.ClH/c1-23-14(18)9-2-4-10(5-3-9)16-24(21,22)11-6-7-12(15)13(8-11)17(19)20;1-11-8(10)6-2-4-7(9)5-3-6;7-5-2-1-4(14(8,12)13)3-6(5)9(10)11;/h6-10,16H,2-5H2,1H3;6-7H,2-5,9H2,1H3;1-3H;1H. The van der Waals surface area contributed by atoms with Gasteiger partial charge in [0.2, 0.25) is 10.0 Å². The summed E-state index contributed by atoms with van der Waals surface area (Å²) in [4.78, 5) is 41.7. The highest BCUT2D eigenvalue weighted by Gasteiger charge is 2.30. The predicted octanol–water partition coefficient (Wildman–Crippen LogP) is 5.53. The first-order valence-corrected chi connectivity index (χ1v) is 19.1. The van der Waals surface area contributed by atoms with E-state index in [9.17, 15) is 46.7 Å². The second kappa shape index (κ2) is 20.3. The maximum Gasteiger partial charge on any atom is 0.308 e. The maximum atomic E-state index is 12.4. The summed E-state index contributed by atoms with van der Waals surface area (Å²) in [5.41, 5.74) is 4.73. The minimum absolute atomic E-state index is 0. The van der Waals surface area contributed by atoms with Gasteiger partial charge in [0.25, 0.3) is 20.4 Å². The van der Waals surface area contributed by atoms with Crippen LogP contribution in [0.2, 0.25) is 10.0 Å². The van der Waals surface area contributed by atoms with Crippen LogP contribution in [-0.4, -0.2) is 64.9 Å². The topological polar surface area (TPSA) is 245 Å². The summed E-state index contributed by atoms with van der Waals surface area (Å²) in [6, 6.07) is 6.32. The molecule has 2 aromatic carbocycles. The Kier molecular flexibility index (Phi) is 18.3. The fourth-order valence-electron chi connectivity index (χ4n) is 5.01. The molecular weight excluding hydrogens is 790 g/mol. The van der Waals surface area contributed by atoms with Crippen LogP contribution in [0.15, 0.2) is 46.2 Å². The lowest BCUT2D eigenvalue weighted by molar-refractivity contribution is -0.385. The molecule has 280 valence electrons. The van der Waals surface area contributed by atoms with Crippen LogP contribution in [0.1, 0.15) is 51.4 Å². The molecular formula is C28H36Cl4N4O12S2. The van der Waals surface area contributed by atoms with Gasteiger partial charge >= 0.3 is 11.9 Å². The molecule has 3 N–H and O–H groups in total. The number of nitro groups is 2. The zero-order chi connectivity index (χ0) is 37.1. The molecule has 4 rings (SSSR count). The summed E-state index contributed by atoms with van der Waals surface area (Å²) in [5, 5.41) is 21.0. The number of nitrogens with one attached hydrogen (secondary N) is 1. The molecule has 22 heteroatoms. The molecule has 0 spiro atoms. The highest BCUT2D eigenvalue weighted by molar-refractivity contribution is 8.13. The number of nitrogens with zero attached hydrogens (tertiary/aromatic N) is 2. The van der Waals surface area contributed by atoms with E-state index in [4.69, 9.17) is 39.6 Å². The summed E-state index contributed by atoms with van der Waals surface area (Å²) in [5.74, 6) is -0.464. The number of sulfonamides is 1. The number of methoxy groups -OCH3 is 2. The minimum atomic E-state index is -3.97. The van der Waals surface area contributed by atoms with E-state index in [0.29, 0.717) is 31.7 Å². The first-order chi connectivity index (χ1) is 22.8. The zero-order valence-electron chi connectivity index (χ0n) is 26.7. The number of nitrogens with two attached hydrogens (primary N) is 1. The van der Waals surface area contributed by atoms with Crippen LogP contribution in [0.25, 0.3) is 0 Å². The Morgan fingerprint density at radius 3 is 1.52 bits per heavy atom. The first-order valence-electron chi connectivity index (χ1n) is 14.6. The lowest BCUT2D eigenvalue weighted by Crippen LogP contribution is -2.38. The van der Waals surface area contributed by atoms with Crippen molar-refractivity contribution in [3.05, 3.63) is 66.7 Å². The van der Waals surface area contributed by atoms with E-state index in [-0.39, 0.29) is 62.1 Å². The van der Waals surface area contributed by atoms with Crippen LogP contribution in [0.3, 0.4) is 0 Å². The molecule has 50 heavy (non-hydrogen) atoms. The molecule has 2 saturated carbocycles. The molecule has 0 amide bonds. The molecule has 0 unspecified atom stereocenters. The van der Waals surface area contributed by atoms with Gasteiger partial charge in [0.15, 0.2) is 0 Å². The van der Waals surface area contributed by atoms with Gasteiger partial charge in [-0.05, 0) is 75.6 Å². The molecule has 0 radical (unpaired) electrons. The number of hydrogen-bond acceptors (Lipinski definition) is 13. The smallest absolute Gasteiger partial charge is 0.308 e. The van der Waals surface area contributed by atoms with Gasteiger partial charge in [0.05, 0.1) is 45.7 Å². The fourth-order valence-corrected chi connectivity index (χ4v) is 7.47. The van der Waals surface area contributed by atoms with Gasteiger partial charge in [-0.25, -0.2) is 21.6 Å². The third-order valence-corrected chi connectivity index (χ3v) is 11.2. The molecule has 0 heterocycles. The molecule has 2 aliphatic carbocycles. The van der Waals surface area contributed by atoms with Crippen molar-refractivity contribution < 1.29 is 45.7 Å². The van der Waals surface area contributed by atoms with Crippen molar-refractivity contribution in [1.29, 1.82) is 0 Å². The quantitative estimate of drug-likeness (QED) is 0.144. The highest BCUT2D eigenvalue weighted by atomic mass is 35.7. The van der Waals surface area contributed by atoms with Crippen LogP contribution in [0.4, 0.5) is 11.4 Å². The lowest BCUT2D eigenvalue weighted by atomic mass is 9.86. The Morgan fingerprint density at radius 2 is 1.14 bits per heavy atom. The minimum Gasteiger partial charge on any atom is -0.469 e. The zero-order valence-corrected chi connectivity index (χ0v) is 31.4. The molecule has 0 atom stereocenters. The van der Waals surface area contributed by atoms with Crippen LogP contribution in [0, 0.1) is 32.1 Å². The van der Waals surface area contributed by atoms with Crippen molar-refractivity contribution >= 4 is 88.7 Å². The van der Waals surface area contributed by atoms with Crippen molar-refractivity contribution in [3.8, 4) is 0 Å². The van der Waals surface area contributed by atoms with E-state index in [1.54, 1.807) is 0 Å². The number of benzene rings is 2. The summed E-state index contributed by atoms with van der Waals surface area (Å²) < 4.78 is 58.3. The van der Waals surface area contributed by atoms with Gasteiger partial charge in [0.1, 0.15) is 10.0 Å². The van der Waals surface area contributed by atoms with Crippen LogP contribution in [-0.2, 0) is 38.1 Å². The summed E-state index contributed by atoms with van der Waals surface area (Å²) in [6.45, 7) is 0. The molecule has 16 nitrogen and oxygen atoms in total. The van der Waals surface area contributed by atoms with Crippen molar-refractivity contribution in [1.82, 2.24) is 4.72 Å². The third kappa shape index (κ3) is 13.7. The number of carbonyl (C=O) groups is 2. The monoisotopic (exact) mass is 824 g/mol. The highest BCUT2D eigenvalue weighted by Crippen LogP contribution is 2.30. The van der Waals surface area contributed by atoms with Gasteiger partial charge in [-0.3, -0.25) is 29.8 Å². The van der Waals surface area contributed by atoms with Gasteiger partial charge in [0, 0.05) is 34.9 Å². The molecule has 0 aliphatic heterocycles. The Morgan fingerprint density at radius 1 is 0.760 bits per heavy atom. The van der Waals surface area contributed by atoms with Crippen LogP contribution < -0.4 is 10.5 Å². The Hall–Kier alpha value is -2.84. The van der Waals surface area contributed by atoms with Crippen LogP contribution in [0.5, 0.6) is 0 Å². The van der Waals surface area contributed by atoms with E-state index in [1.165, 1.54) is 26.4 Å². The predicted molar refractivity (Wildman–Crippen MR) is 187 cm³/mol. The van der Waals surface area contributed by atoms with E-state index >= 15 is 0 Å². The normalized spacial score (nSPS) is 20.3. The lowest BCUT2D eigenvalue weighted by Gasteiger charge is -2.27. The Bertz CT molecular complexity index is 1730. The summed E-state index contributed by atoms with van der Waals surface area (Å²) >= 11 is 11.2. The maximum absolute atomic E-state index is 12.4. The number of carbonyl (C=O) groups excluding carboxylic acids is 2. The van der Waals surface area contributed by atoms with Crippen molar-refractivity contribution in [3.63, 3.8) is 0 Å². The Labute approximate surface area is 309 Å². The van der Waals surface area contributed by atoms with Crippen molar-refractivity contribution in [2.45, 2.75) is 73.2 Å². The van der Waals surface area contributed by atoms with Gasteiger partial charge in [-0.15, -0.1) is 12.4 Å². The van der Waals surface area contributed by atoms with Gasteiger partial charge in [-0.2, -0.15) is 0 Å². The number of rotatable bonds is 8. The number of esters is 2. The summed E-state index contributed by atoms with van der Waals surface area (Å²) in [7, 11) is -0.112. The third-order valence-electron chi connectivity index (χ3n) is 7.71. The van der Waals surface area contributed by atoms with Crippen LogP contribution >= 0.6 is 46.3 Å². The molecule has 0 bridgehead atoms. The van der Waals surface area contributed by atoms with E-state index in [0.717, 1.165) is 49.9 Å². The van der Waals surface area contributed by atoms with Crippen molar-refractivity contribution in [2.24, 2.45) is 17.6 Å².